The molecule has 4 nitrogen and oxygen atoms in total. The van der Waals surface area contributed by atoms with Gasteiger partial charge in [0.05, 0.1) is 0 Å². The van der Waals surface area contributed by atoms with Gasteiger partial charge in [-0.05, 0) is 46.3 Å². The number of hydrogen-bond acceptors (Lipinski definition) is 3. The largest absolute Gasteiger partial charge is 0.478 e. The maximum atomic E-state index is 11.2. The summed E-state index contributed by atoms with van der Waals surface area (Å²) in [5.41, 5.74) is 0.334. The van der Waals surface area contributed by atoms with Crippen LogP contribution in [0.4, 0.5) is 0 Å². The highest BCUT2D eigenvalue weighted by Crippen LogP contribution is 2.33. The van der Waals surface area contributed by atoms with Crippen molar-refractivity contribution >= 4 is 37.8 Å². The van der Waals surface area contributed by atoms with Gasteiger partial charge in [-0.25, -0.2) is 4.79 Å². The monoisotopic (exact) mass is 395 g/mol. The zero-order chi connectivity index (χ0) is 14.7. The summed E-state index contributed by atoms with van der Waals surface area (Å²) in [6.07, 6.45) is 0. The van der Waals surface area contributed by atoms with Crippen molar-refractivity contribution in [2.24, 2.45) is 0 Å². The van der Waals surface area contributed by atoms with E-state index >= 15 is 0 Å². The van der Waals surface area contributed by atoms with Crippen LogP contribution in [0.25, 0.3) is 0 Å². The van der Waals surface area contributed by atoms with E-state index in [9.17, 15) is 4.79 Å². The van der Waals surface area contributed by atoms with Crippen molar-refractivity contribution in [2.75, 3.05) is 0 Å². The van der Waals surface area contributed by atoms with E-state index in [1.165, 1.54) is 6.07 Å². The lowest BCUT2D eigenvalue weighted by atomic mass is 10.2. The number of benzene rings is 2. The quantitative estimate of drug-likeness (QED) is 0.824. The zero-order valence-electron chi connectivity index (χ0n) is 9.93. The number of rotatable bonds is 3. The number of carboxylic acid groups (broad SMARTS) is 1. The van der Waals surface area contributed by atoms with Gasteiger partial charge < -0.3 is 9.84 Å². The third-order valence-electron chi connectivity index (χ3n) is 2.48. The summed E-state index contributed by atoms with van der Waals surface area (Å²) >= 11 is 6.52. The fraction of sp³-hybridized carbons (Fsp3) is 0. The Morgan fingerprint density at radius 3 is 2.60 bits per heavy atom. The van der Waals surface area contributed by atoms with E-state index in [1.54, 1.807) is 30.3 Å². The van der Waals surface area contributed by atoms with Gasteiger partial charge in [0, 0.05) is 8.95 Å². The zero-order valence-corrected chi connectivity index (χ0v) is 13.1. The van der Waals surface area contributed by atoms with Crippen molar-refractivity contribution in [2.45, 2.75) is 0 Å². The maximum absolute atomic E-state index is 11.2. The Morgan fingerprint density at radius 2 is 1.95 bits per heavy atom. The van der Waals surface area contributed by atoms with Crippen LogP contribution >= 0.6 is 31.9 Å². The van der Waals surface area contributed by atoms with Gasteiger partial charge in [0.25, 0.3) is 0 Å². The summed E-state index contributed by atoms with van der Waals surface area (Å²) in [7, 11) is 0. The molecule has 100 valence electrons. The molecule has 0 aliphatic rings. The molecule has 0 saturated heterocycles. The highest BCUT2D eigenvalue weighted by Gasteiger charge is 2.15. The summed E-state index contributed by atoms with van der Waals surface area (Å²) in [6, 6.07) is 11.6. The summed E-state index contributed by atoms with van der Waals surface area (Å²) in [4.78, 5) is 11.2. The molecule has 0 radical (unpaired) electrons. The summed E-state index contributed by atoms with van der Waals surface area (Å²) < 4.78 is 6.86. The Hall–Kier alpha value is -1.84. The van der Waals surface area contributed by atoms with E-state index in [0.717, 1.165) is 0 Å². The normalized spacial score (nSPS) is 9.85. The van der Waals surface area contributed by atoms with Crippen LogP contribution in [0.3, 0.4) is 0 Å². The lowest BCUT2D eigenvalue weighted by Gasteiger charge is -2.11. The minimum Gasteiger partial charge on any atom is -0.478 e. The average Bonchev–Trinajstić information content (AvgIpc) is 2.38. The van der Waals surface area contributed by atoms with Crippen LogP contribution in [0.15, 0.2) is 45.3 Å². The first-order valence-corrected chi connectivity index (χ1v) is 7.01. The van der Waals surface area contributed by atoms with E-state index in [-0.39, 0.29) is 11.3 Å². The molecule has 0 atom stereocenters. The van der Waals surface area contributed by atoms with Gasteiger partial charge in [0.1, 0.15) is 28.7 Å². The van der Waals surface area contributed by atoms with Crippen LogP contribution in [0.2, 0.25) is 0 Å². The van der Waals surface area contributed by atoms with E-state index in [0.29, 0.717) is 20.3 Å². The van der Waals surface area contributed by atoms with Gasteiger partial charge in [-0.1, -0.05) is 22.0 Å². The fourth-order valence-electron chi connectivity index (χ4n) is 1.57. The van der Waals surface area contributed by atoms with Crippen molar-refractivity contribution in [3.63, 3.8) is 0 Å². The smallest absolute Gasteiger partial charge is 0.339 e. The Bertz CT molecular complexity index is 723. The molecule has 2 aromatic carbocycles. The first-order valence-electron chi connectivity index (χ1n) is 5.42. The summed E-state index contributed by atoms with van der Waals surface area (Å²) in [6.45, 7) is 0. The van der Waals surface area contributed by atoms with E-state index in [1.807, 2.05) is 6.07 Å². The van der Waals surface area contributed by atoms with Crippen LogP contribution in [-0.2, 0) is 0 Å². The van der Waals surface area contributed by atoms with Crippen LogP contribution in [0.5, 0.6) is 11.5 Å². The third kappa shape index (κ3) is 3.00. The highest BCUT2D eigenvalue weighted by atomic mass is 79.9. The number of nitriles is 1. The fourth-order valence-corrected chi connectivity index (χ4v) is 2.35. The minimum atomic E-state index is -1.10. The van der Waals surface area contributed by atoms with Crippen molar-refractivity contribution in [3.8, 4) is 17.6 Å². The number of nitrogens with zero attached hydrogens (tertiary/aromatic N) is 1. The molecule has 6 heteroatoms. The number of carboxylic acids is 1. The molecule has 2 rings (SSSR count). The average molecular weight is 397 g/mol. The second kappa shape index (κ2) is 6.07. The lowest BCUT2D eigenvalue weighted by molar-refractivity contribution is 0.0694. The van der Waals surface area contributed by atoms with Gasteiger partial charge in [0.2, 0.25) is 0 Å². The van der Waals surface area contributed by atoms with Crippen LogP contribution in [0, 0.1) is 11.3 Å². The molecule has 2 aromatic rings. The second-order valence-corrected chi connectivity index (χ2v) is 5.54. The van der Waals surface area contributed by atoms with Crippen molar-refractivity contribution in [3.05, 3.63) is 56.5 Å². The molecular weight excluding hydrogens is 390 g/mol. The van der Waals surface area contributed by atoms with Crippen molar-refractivity contribution in [1.29, 1.82) is 5.26 Å². The lowest BCUT2D eigenvalue weighted by Crippen LogP contribution is -2.00. The van der Waals surface area contributed by atoms with Gasteiger partial charge in [-0.2, -0.15) is 5.26 Å². The molecule has 0 spiro atoms. The van der Waals surface area contributed by atoms with Gasteiger partial charge in [0.15, 0.2) is 0 Å². The summed E-state index contributed by atoms with van der Waals surface area (Å²) in [5, 5.41) is 18.3. The molecule has 0 aliphatic heterocycles. The Labute approximate surface area is 131 Å². The molecule has 0 fully saturated rings. The van der Waals surface area contributed by atoms with E-state index < -0.39 is 5.97 Å². The van der Waals surface area contributed by atoms with Crippen LogP contribution < -0.4 is 4.74 Å². The SMILES string of the molecule is N#Cc1c(Br)cccc1Oc1cc(Br)ccc1C(=O)O. The minimum absolute atomic E-state index is 0.0251. The Balaban J connectivity index is 2.51. The molecule has 0 unspecified atom stereocenters. The maximum Gasteiger partial charge on any atom is 0.339 e. The Morgan fingerprint density at radius 1 is 1.20 bits per heavy atom. The first-order chi connectivity index (χ1) is 9.52. The molecule has 0 bridgehead atoms. The van der Waals surface area contributed by atoms with Crippen LogP contribution in [0.1, 0.15) is 15.9 Å². The first kappa shape index (κ1) is 14.6. The number of carbonyl (C=O) groups is 1. The number of hydrogen-bond donors (Lipinski definition) is 1. The van der Waals surface area contributed by atoms with Gasteiger partial charge in [-0.3, -0.25) is 0 Å². The van der Waals surface area contributed by atoms with Crippen molar-refractivity contribution in [1.82, 2.24) is 0 Å². The molecular formula is C14H7Br2NO3. The molecule has 0 heterocycles. The Kier molecular flexibility index (Phi) is 4.42. The molecule has 0 aromatic heterocycles. The van der Waals surface area contributed by atoms with Gasteiger partial charge in [-0.15, -0.1) is 0 Å². The summed E-state index contributed by atoms with van der Waals surface area (Å²) in [5.74, 6) is -0.634. The standard InChI is InChI=1S/C14H7Br2NO3/c15-8-4-5-9(14(18)19)13(6-8)20-12-3-1-2-11(16)10(12)7-17/h1-6H,(H,18,19). The predicted octanol–water partition coefficient (Wildman–Crippen LogP) is 4.57. The van der Waals surface area contributed by atoms with E-state index in [4.69, 9.17) is 15.1 Å². The number of ether oxygens (including phenoxy) is 1. The predicted molar refractivity (Wildman–Crippen MR) is 80.0 cm³/mol. The van der Waals surface area contributed by atoms with Gasteiger partial charge >= 0.3 is 5.97 Å². The topological polar surface area (TPSA) is 70.3 Å². The molecule has 0 aliphatic carbocycles. The molecule has 20 heavy (non-hydrogen) atoms. The molecule has 0 saturated carbocycles. The van der Waals surface area contributed by atoms with Crippen LogP contribution in [-0.4, -0.2) is 11.1 Å². The molecule has 0 amide bonds. The molecule has 1 N–H and O–H groups in total. The number of aromatic carboxylic acids is 1. The van der Waals surface area contributed by atoms with Crippen molar-refractivity contribution < 1.29 is 14.6 Å². The second-order valence-electron chi connectivity index (χ2n) is 3.77. The number of halogens is 2. The van der Waals surface area contributed by atoms with E-state index in [2.05, 4.69) is 31.9 Å². The third-order valence-corrected chi connectivity index (χ3v) is 3.64. The highest BCUT2D eigenvalue weighted by molar-refractivity contribution is 9.10.